The average Bonchev–Trinajstić information content (AvgIpc) is 3.31. The largest absolute Gasteiger partial charge is 0.436 e. The van der Waals surface area contributed by atoms with E-state index in [0.717, 1.165) is 34.3 Å². The van der Waals surface area contributed by atoms with E-state index >= 15 is 0 Å². The smallest absolute Gasteiger partial charge is 0.250 e. The van der Waals surface area contributed by atoms with Crippen molar-refractivity contribution in [3.63, 3.8) is 0 Å². The summed E-state index contributed by atoms with van der Waals surface area (Å²) >= 11 is 5.29. The third-order valence-corrected chi connectivity index (χ3v) is 6.45. The zero-order chi connectivity index (χ0) is 25.7. The number of hydrogen-bond donors (Lipinski definition) is 2. The third-order valence-electron chi connectivity index (χ3n) is 6.25. The molecule has 0 aliphatic rings. The lowest BCUT2D eigenvalue weighted by atomic mass is 9.98. The Morgan fingerprint density at radius 3 is 2.36 bits per heavy atom. The number of carbonyl (C=O) groups excluding carboxylic acids is 1. The van der Waals surface area contributed by atoms with Crippen LogP contribution in [0.4, 0.5) is 5.69 Å². The van der Waals surface area contributed by atoms with Crippen LogP contribution in [0.25, 0.3) is 28.6 Å². The summed E-state index contributed by atoms with van der Waals surface area (Å²) in [6.07, 6.45) is 4.32. The molecule has 0 spiro atoms. The maximum absolute atomic E-state index is 12.3. The van der Waals surface area contributed by atoms with Crippen molar-refractivity contribution in [2.75, 3.05) is 5.32 Å². The maximum Gasteiger partial charge on any atom is 0.250 e. The number of nitrogens with zero attached hydrogens (tertiary/aromatic N) is 1. The van der Waals surface area contributed by atoms with Gasteiger partial charge in [0, 0.05) is 17.3 Å². The van der Waals surface area contributed by atoms with Crippen LogP contribution >= 0.6 is 12.2 Å². The Morgan fingerprint density at radius 2 is 1.69 bits per heavy atom. The minimum absolute atomic E-state index is 0.229. The van der Waals surface area contributed by atoms with Gasteiger partial charge in [-0.3, -0.25) is 10.1 Å². The van der Waals surface area contributed by atoms with Gasteiger partial charge in [-0.1, -0.05) is 58.0 Å². The van der Waals surface area contributed by atoms with Crippen molar-refractivity contribution in [3.8, 4) is 11.5 Å². The van der Waals surface area contributed by atoms with Gasteiger partial charge in [-0.05, 0) is 89.6 Å². The Hall–Kier alpha value is -3.77. The Bertz CT molecular complexity index is 1390. The molecular formula is C30H31N3O2S. The van der Waals surface area contributed by atoms with Crippen LogP contribution in [0.2, 0.25) is 0 Å². The highest BCUT2D eigenvalue weighted by atomic mass is 32.1. The zero-order valence-electron chi connectivity index (χ0n) is 21.0. The van der Waals surface area contributed by atoms with Gasteiger partial charge in [-0.25, -0.2) is 4.98 Å². The molecule has 1 amide bonds. The number of thiocarbonyl (C=S) groups is 1. The molecule has 1 heterocycles. The number of fused-ring (bicyclic) bond motifs is 1. The number of nitrogens with one attached hydrogen (secondary N) is 2. The Kier molecular flexibility index (Phi) is 7.96. The van der Waals surface area contributed by atoms with E-state index in [1.54, 1.807) is 6.08 Å². The van der Waals surface area contributed by atoms with Crippen LogP contribution in [0.5, 0.6) is 0 Å². The van der Waals surface area contributed by atoms with Crippen LogP contribution in [0, 0.1) is 0 Å². The van der Waals surface area contributed by atoms with E-state index in [9.17, 15) is 4.79 Å². The minimum Gasteiger partial charge on any atom is -0.436 e. The molecule has 0 saturated carbocycles. The Morgan fingerprint density at radius 1 is 1.00 bits per heavy atom. The van der Waals surface area contributed by atoms with Crippen LogP contribution in [0.1, 0.15) is 62.6 Å². The molecule has 2 N–H and O–H groups in total. The fourth-order valence-corrected chi connectivity index (χ4v) is 4.00. The molecule has 0 aliphatic heterocycles. The van der Waals surface area contributed by atoms with Crippen molar-refractivity contribution in [2.24, 2.45) is 0 Å². The topological polar surface area (TPSA) is 67.2 Å². The average molecular weight is 498 g/mol. The highest BCUT2D eigenvalue weighted by Crippen LogP contribution is 2.28. The van der Waals surface area contributed by atoms with Crippen LogP contribution in [-0.2, 0) is 4.79 Å². The molecule has 4 aromatic rings. The number of oxazole rings is 1. The maximum atomic E-state index is 12.3. The lowest BCUT2D eigenvalue weighted by Gasteiger charge is -2.08. The fourth-order valence-electron chi connectivity index (χ4n) is 3.79. The molecule has 184 valence electrons. The number of anilines is 1. The normalized spacial score (nSPS) is 12.2. The number of amides is 1. The summed E-state index contributed by atoms with van der Waals surface area (Å²) in [6, 6.07) is 21.9. The molecule has 0 aliphatic carbocycles. The predicted molar refractivity (Wildman–Crippen MR) is 152 cm³/mol. The molecule has 36 heavy (non-hydrogen) atoms. The van der Waals surface area contributed by atoms with Gasteiger partial charge in [-0.15, -0.1) is 0 Å². The van der Waals surface area contributed by atoms with Crippen LogP contribution in [0.3, 0.4) is 0 Å². The second-order valence-electron chi connectivity index (χ2n) is 9.23. The van der Waals surface area contributed by atoms with Gasteiger partial charge in [0.1, 0.15) is 5.52 Å². The zero-order valence-corrected chi connectivity index (χ0v) is 21.9. The van der Waals surface area contributed by atoms with Crippen molar-refractivity contribution in [3.05, 3.63) is 89.5 Å². The van der Waals surface area contributed by atoms with Crippen molar-refractivity contribution < 1.29 is 9.21 Å². The van der Waals surface area contributed by atoms with E-state index in [1.165, 1.54) is 17.2 Å². The molecule has 6 heteroatoms. The van der Waals surface area contributed by atoms with E-state index < -0.39 is 0 Å². The van der Waals surface area contributed by atoms with Gasteiger partial charge in [0.15, 0.2) is 10.7 Å². The highest BCUT2D eigenvalue weighted by molar-refractivity contribution is 7.80. The highest BCUT2D eigenvalue weighted by Gasteiger charge is 2.11. The first-order chi connectivity index (χ1) is 17.3. The molecule has 5 nitrogen and oxygen atoms in total. The van der Waals surface area contributed by atoms with Gasteiger partial charge in [-0.2, -0.15) is 0 Å². The van der Waals surface area contributed by atoms with Crippen molar-refractivity contribution in [1.29, 1.82) is 0 Å². The van der Waals surface area contributed by atoms with Crippen molar-refractivity contribution >= 4 is 46.1 Å². The second-order valence-corrected chi connectivity index (χ2v) is 9.64. The summed E-state index contributed by atoms with van der Waals surface area (Å²) in [6.45, 7) is 8.69. The van der Waals surface area contributed by atoms with Gasteiger partial charge in [0.2, 0.25) is 11.8 Å². The number of benzene rings is 3. The molecule has 4 rings (SSSR count). The molecule has 0 saturated heterocycles. The Balaban J connectivity index is 1.34. The molecule has 0 unspecified atom stereocenters. The van der Waals surface area contributed by atoms with Gasteiger partial charge in [0.25, 0.3) is 0 Å². The van der Waals surface area contributed by atoms with E-state index in [4.69, 9.17) is 16.6 Å². The summed E-state index contributed by atoms with van der Waals surface area (Å²) in [5, 5.41) is 5.94. The van der Waals surface area contributed by atoms with Crippen LogP contribution in [0.15, 0.2) is 77.2 Å². The number of rotatable bonds is 7. The van der Waals surface area contributed by atoms with Gasteiger partial charge < -0.3 is 9.73 Å². The summed E-state index contributed by atoms with van der Waals surface area (Å²) < 4.78 is 5.96. The SMILES string of the molecule is CC[C@H](C)c1ccc2oc(-c3ccc(NC(=S)NC(=O)/C=C/c4ccc(C(C)C)cc4)cc3)nc2c1. The Labute approximate surface area is 217 Å². The van der Waals surface area contributed by atoms with Crippen molar-refractivity contribution in [1.82, 2.24) is 10.3 Å². The first-order valence-corrected chi connectivity index (χ1v) is 12.6. The van der Waals surface area contributed by atoms with E-state index in [2.05, 4.69) is 67.6 Å². The van der Waals surface area contributed by atoms with Gasteiger partial charge >= 0.3 is 0 Å². The van der Waals surface area contributed by atoms with Gasteiger partial charge in [0.05, 0.1) is 0 Å². The summed E-state index contributed by atoms with van der Waals surface area (Å²) in [5.74, 6) is 1.23. The first kappa shape index (κ1) is 25.3. The van der Waals surface area contributed by atoms with Crippen LogP contribution < -0.4 is 10.6 Å². The molecule has 0 bridgehead atoms. The first-order valence-electron chi connectivity index (χ1n) is 12.2. The monoisotopic (exact) mass is 497 g/mol. The lowest BCUT2D eigenvalue weighted by molar-refractivity contribution is -0.115. The number of carbonyl (C=O) groups is 1. The third kappa shape index (κ3) is 6.26. The molecular weight excluding hydrogens is 466 g/mol. The molecule has 3 aromatic carbocycles. The van der Waals surface area contributed by atoms with Crippen molar-refractivity contribution in [2.45, 2.75) is 46.0 Å². The molecule has 1 aromatic heterocycles. The lowest BCUT2D eigenvalue weighted by Crippen LogP contribution is -2.32. The molecule has 0 radical (unpaired) electrons. The van der Waals surface area contributed by atoms with E-state index in [0.29, 0.717) is 17.7 Å². The fraction of sp³-hybridized carbons (Fsp3) is 0.233. The quantitative estimate of drug-likeness (QED) is 0.203. The standard InChI is InChI=1S/C30H31N3O2S/c1-5-20(4)24-13-16-27-26(18-24)32-29(35-27)23-11-14-25(15-12-23)31-30(36)33-28(34)17-8-21-6-9-22(10-7-21)19(2)3/h6-20H,5H2,1-4H3,(H2,31,33,34,36)/b17-8+/t20-/m0/s1. The van der Waals surface area contributed by atoms with E-state index in [-0.39, 0.29) is 11.0 Å². The number of hydrogen-bond acceptors (Lipinski definition) is 4. The summed E-state index contributed by atoms with van der Waals surface area (Å²) in [7, 11) is 0. The summed E-state index contributed by atoms with van der Waals surface area (Å²) in [4.78, 5) is 16.9. The summed E-state index contributed by atoms with van der Waals surface area (Å²) in [5.41, 5.74) is 6.73. The second kappa shape index (κ2) is 11.3. The predicted octanol–water partition coefficient (Wildman–Crippen LogP) is 7.66. The van der Waals surface area contributed by atoms with E-state index in [1.807, 2.05) is 42.5 Å². The molecule has 0 fully saturated rings. The van der Waals surface area contributed by atoms with Crippen LogP contribution in [-0.4, -0.2) is 16.0 Å². The molecule has 1 atom stereocenters. The number of aromatic nitrogens is 1. The minimum atomic E-state index is -0.291.